The van der Waals surface area contributed by atoms with Gasteiger partial charge in [0.05, 0.1) is 20.6 Å². The number of benzene rings is 2. The largest absolute Gasteiger partial charge is 0.506 e. The van der Waals surface area contributed by atoms with Crippen LogP contribution in [0.25, 0.3) is 0 Å². The van der Waals surface area contributed by atoms with Gasteiger partial charge in [-0.15, -0.1) is 0 Å². The average Bonchev–Trinajstić information content (AvgIpc) is 2.42. The Morgan fingerprint density at radius 1 is 1.16 bits per heavy atom. The van der Waals surface area contributed by atoms with E-state index >= 15 is 0 Å². The highest BCUT2D eigenvalue weighted by Crippen LogP contribution is 2.33. The van der Waals surface area contributed by atoms with E-state index in [9.17, 15) is 5.11 Å². The second-order valence-corrected chi connectivity index (χ2v) is 5.66. The number of nitriles is 1. The highest BCUT2D eigenvalue weighted by molar-refractivity contribution is 9.11. The summed E-state index contributed by atoms with van der Waals surface area (Å²) < 4.78 is 1.29. The van der Waals surface area contributed by atoms with Gasteiger partial charge in [-0.3, -0.25) is 0 Å². The molecule has 2 aromatic carbocycles. The van der Waals surface area contributed by atoms with Crippen LogP contribution in [-0.4, -0.2) is 5.11 Å². The molecule has 0 radical (unpaired) electrons. The molecule has 0 aliphatic rings. The van der Waals surface area contributed by atoms with E-state index in [1.165, 1.54) is 0 Å². The number of hydrogen-bond acceptors (Lipinski definition) is 3. The Bertz CT molecular complexity index is 627. The van der Waals surface area contributed by atoms with Gasteiger partial charge in [-0.1, -0.05) is 6.07 Å². The van der Waals surface area contributed by atoms with E-state index < -0.39 is 0 Å². The maximum Gasteiger partial charge on any atom is 0.143 e. The number of hydrogen-bond donors (Lipinski definition) is 2. The van der Waals surface area contributed by atoms with Crippen LogP contribution in [0.3, 0.4) is 0 Å². The van der Waals surface area contributed by atoms with Crippen LogP contribution in [0.5, 0.6) is 5.75 Å². The summed E-state index contributed by atoms with van der Waals surface area (Å²) in [6, 6.07) is 13.1. The van der Waals surface area contributed by atoms with Crippen molar-refractivity contribution in [3.63, 3.8) is 0 Å². The summed E-state index contributed by atoms with van der Waals surface area (Å²) in [5.41, 5.74) is 2.52. The lowest BCUT2D eigenvalue weighted by atomic mass is 10.2. The monoisotopic (exact) mass is 380 g/mol. The molecular weight excluding hydrogens is 372 g/mol. The van der Waals surface area contributed by atoms with Crippen LogP contribution in [0.2, 0.25) is 0 Å². The first-order valence-corrected chi connectivity index (χ1v) is 7.09. The third-order valence-corrected chi connectivity index (χ3v) is 3.77. The third-order valence-electron chi connectivity index (χ3n) is 2.56. The second-order valence-electron chi connectivity index (χ2n) is 3.95. The molecule has 0 unspecified atom stereocenters. The van der Waals surface area contributed by atoms with Crippen molar-refractivity contribution in [3.05, 3.63) is 56.5 Å². The number of nitrogens with zero attached hydrogens (tertiary/aromatic N) is 1. The van der Waals surface area contributed by atoms with Gasteiger partial charge in [-0.05, 0) is 67.8 Å². The molecule has 3 nitrogen and oxygen atoms in total. The lowest BCUT2D eigenvalue weighted by molar-refractivity contribution is 0.468. The van der Waals surface area contributed by atoms with E-state index in [2.05, 4.69) is 43.2 Å². The molecule has 0 aliphatic carbocycles. The van der Waals surface area contributed by atoms with Crippen LogP contribution < -0.4 is 5.32 Å². The molecule has 0 aromatic heterocycles. The predicted octanol–water partition coefficient (Wildman–Crippen LogP) is 4.40. The van der Waals surface area contributed by atoms with Crippen molar-refractivity contribution in [1.82, 2.24) is 0 Å². The second kappa shape index (κ2) is 6.09. The van der Waals surface area contributed by atoms with Crippen molar-refractivity contribution in [2.45, 2.75) is 6.54 Å². The molecule has 0 heterocycles. The molecule has 0 bridgehead atoms. The van der Waals surface area contributed by atoms with Crippen LogP contribution in [0.4, 0.5) is 5.69 Å². The normalized spacial score (nSPS) is 9.95. The minimum Gasteiger partial charge on any atom is -0.506 e. The van der Waals surface area contributed by atoms with Crippen LogP contribution in [0, 0.1) is 11.3 Å². The molecule has 0 saturated carbocycles. The number of phenols is 1. The van der Waals surface area contributed by atoms with Gasteiger partial charge in [0, 0.05) is 12.2 Å². The number of halogens is 2. The molecule has 19 heavy (non-hydrogen) atoms. The number of phenolic OH excluding ortho intramolecular Hbond substituents is 1. The van der Waals surface area contributed by atoms with E-state index in [1.54, 1.807) is 12.1 Å². The number of anilines is 1. The van der Waals surface area contributed by atoms with Crippen LogP contribution in [0.1, 0.15) is 11.1 Å². The van der Waals surface area contributed by atoms with Crippen LogP contribution in [-0.2, 0) is 6.54 Å². The van der Waals surface area contributed by atoms with Gasteiger partial charge in [0.2, 0.25) is 0 Å². The Balaban J connectivity index is 2.12. The Kier molecular flexibility index (Phi) is 4.46. The smallest absolute Gasteiger partial charge is 0.143 e. The number of rotatable bonds is 3. The maximum atomic E-state index is 9.63. The molecule has 96 valence electrons. The van der Waals surface area contributed by atoms with Crippen molar-refractivity contribution < 1.29 is 5.11 Å². The molecule has 2 rings (SSSR count). The highest BCUT2D eigenvalue weighted by atomic mass is 79.9. The third kappa shape index (κ3) is 3.49. The summed E-state index contributed by atoms with van der Waals surface area (Å²) in [5.74, 6) is 0.190. The predicted molar refractivity (Wildman–Crippen MR) is 82.0 cm³/mol. The Morgan fingerprint density at radius 3 is 2.47 bits per heavy atom. The van der Waals surface area contributed by atoms with Crippen molar-refractivity contribution in [1.29, 1.82) is 5.26 Å². The van der Waals surface area contributed by atoms with Crippen molar-refractivity contribution in [2.75, 3.05) is 5.32 Å². The molecule has 0 fully saturated rings. The molecule has 0 saturated heterocycles. The summed E-state index contributed by atoms with van der Waals surface area (Å²) in [6.45, 7) is 0.604. The summed E-state index contributed by atoms with van der Waals surface area (Å²) >= 11 is 6.59. The van der Waals surface area contributed by atoms with E-state index in [0.29, 0.717) is 21.1 Å². The Hall–Kier alpha value is -1.51. The fourth-order valence-corrected chi connectivity index (χ4v) is 2.90. The molecule has 0 atom stereocenters. The lowest BCUT2D eigenvalue weighted by Crippen LogP contribution is -1.99. The van der Waals surface area contributed by atoms with E-state index in [1.807, 2.05) is 24.3 Å². The van der Waals surface area contributed by atoms with Crippen LogP contribution in [0.15, 0.2) is 45.3 Å². The van der Waals surface area contributed by atoms with Crippen molar-refractivity contribution >= 4 is 37.5 Å². The quantitative estimate of drug-likeness (QED) is 0.828. The molecular formula is C14H10Br2N2O. The molecule has 0 spiro atoms. The standard InChI is InChI=1S/C14H10Br2N2O/c15-12-5-10(6-13(16)14(12)19)8-18-11-3-1-2-9(4-11)7-17/h1-6,18-19H,8H2. The van der Waals surface area contributed by atoms with Gasteiger partial charge in [-0.2, -0.15) is 5.26 Å². The zero-order chi connectivity index (χ0) is 13.8. The molecule has 2 aromatic rings. The molecule has 0 amide bonds. The SMILES string of the molecule is N#Cc1cccc(NCc2cc(Br)c(O)c(Br)c2)c1. The first kappa shape index (κ1) is 13.9. The summed E-state index contributed by atoms with van der Waals surface area (Å²) in [4.78, 5) is 0. The summed E-state index contributed by atoms with van der Waals surface area (Å²) in [5, 5.41) is 21.7. The van der Waals surface area contributed by atoms with Gasteiger partial charge < -0.3 is 10.4 Å². The van der Waals surface area contributed by atoms with Gasteiger partial charge in [0.25, 0.3) is 0 Å². The minimum absolute atomic E-state index is 0.190. The van der Waals surface area contributed by atoms with Gasteiger partial charge in [-0.25, -0.2) is 0 Å². The van der Waals surface area contributed by atoms with Gasteiger partial charge in [0.1, 0.15) is 5.75 Å². The summed E-state index contributed by atoms with van der Waals surface area (Å²) in [6.07, 6.45) is 0. The zero-order valence-corrected chi connectivity index (χ0v) is 13.0. The molecule has 0 aliphatic heterocycles. The number of nitrogens with one attached hydrogen (secondary N) is 1. The van der Waals surface area contributed by atoms with Crippen LogP contribution >= 0.6 is 31.9 Å². The minimum atomic E-state index is 0.190. The Labute approximate surface area is 128 Å². The molecule has 5 heteroatoms. The Morgan fingerprint density at radius 2 is 1.84 bits per heavy atom. The van der Waals surface area contributed by atoms with E-state index in [4.69, 9.17) is 5.26 Å². The highest BCUT2D eigenvalue weighted by Gasteiger charge is 2.05. The molecule has 2 N–H and O–H groups in total. The average molecular weight is 382 g/mol. The maximum absolute atomic E-state index is 9.63. The lowest BCUT2D eigenvalue weighted by Gasteiger charge is -2.09. The fourth-order valence-electron chi connectivity index (χ4n) is 1.62. The van der Waals surface area contributed by atoms with Crippen molar-refractivity contribution in [3.8, 4) is 11.8 Å². The number of aromatic hydroxyl groups is 1. The van der Waals surface area contributed by atoms with Gasteiger partial charge in [0.15, 0.2) is 0 Å². The van der Waals surface area contributed by atoms with Crippen molar-refractivity contribution in [2.24, 2.45) is 0 Å². The van der Waals surface area contributed by atoms with E-state index in [0.717, 1.165) is 11.3 Å². The topological polar surface area (TPSA) is 56.0 Å². The first-order chi connectivity index (χ1) is 9.10. The first-order valence-electron chi connectivity index (χ1n) is 5.51. The summed E-state index contributed by atoms with van der Waals surface area (Å²) in [7, 11) is 0. The fraction of sp³-hybridized carbons (Fsp3) is 0.0714. The van der Waals surface area contributed by atoms with Gasteiger partial charge >= 0.3 is 0 Å². The van der Waals surface area contributed by atoms with E-state index in [-0.39, 0.29) is 5.75 Å². The zero-order valence-electron chi connectivity index (χ0n) is 9.82.